The number of fused-ring (bicyclic) bond motifs is 1. The first-order valence-corrected chi connectivity index (χ1v) is 10.8. The Bertz CT molecular complexity index is 1300. The third-order valence-electron chi connectivity index (χ3n) is 5.54. The Morgan fingerprint density at radius 3 is 2.70 bits per heavy atom. The van der Waals surface area contributed by atoms with Crippen LogP contribution < -0.4 is 15.4 Å². The van der Waals surface area contributed by atoms with Crippen LogP contribution in [0.2, 0.25) is 0 Å². The highest BCUT2D eigenvalue weighted by molar-refractivity contribution is 5.95. The van der Waals surface area contributed by atoms with Gasteiger partial charge in [0.25, 0.3) is 0 Å². The van der Waals surface area contributed by atoms with Crippen molar-refractivity contribution in [3.05, 3.63) is 66.1 Å². The smallest absolute Gasteiger partial charge is 0.337 e. The fraction of sp³-hybridized carbons (Fsp3) is 0.240. The predicted molar refractivity (Wildman–Crippen MR) is 130 cm³/mol. The molecule has 2 aromatic heterocycles. The van der Waals surface area contributed by atoms with E-state index in [1.807, 2.05) is 31.2 Å². The lowest BCUT2D eigenvalue weighted by Gasteiger charge is -2.12. The van der Waals surface area contributed by atoms with Gasteiger partial charge in [0, 0.05) is 54.1 Å². The minimum atomic E-state index is -0.965. The molecule has 33 heavy (non-hydrogen) atoms. The first-order valence-electron chi connectivity index (χ1n) is 10.8. The molecule has 0 radical (unpaired) electrons. The Labute approximate surface area is 192 Å². The SMILES string of the molecule is CCNc1cc(-c2cc(NCCn3c(C)cc4ccc(OC)cc43)ncn2)ccc1C(=O)O. The summed E-state index contributed by atoms with van der Waals surface area (Å²) in [5.74, 6) is 0.577. The summed E-state index contributed by atoms with van der Waals surface area (Å²) in [6.07, 6.45) is 1.51. The highest BCUT2D eigenvalue weighted by Crippen LogP contribution is 2.26. The Kier molecular flexibility index (Phi) is 6.44. The molecular weight excluding hydrogens is 418 g/mol. The second-order valence-electron chi connectivity index (χ2n) is 7.67. The molecule has 8 nitrogen and oxygen atoms in total. The molecule has 0 amide bonds. The standard InChI is InChI=1S/C25H27N5O3/c1-4-26-22-12-17(6-8-20(22)25(31)32)21-14-24(29-15-28-21)27-9-10-30-16(2)11-18-5-7-19(33-3)13-23(18)30/h5-8,11-15,26H,4,9-10H2,1-3H3,(H,31,32)(H,27,28,29). The third-order valence-corrected chi connectivity index (χ3v) is 5.54. The van der Waals surface area contributed by atoms with Gasteiger partial charge in [-0.05, 0) is 44.2 Å². The van der Waals surface area contributed by atoms with Crippen LogP contribution in [-0.2, 0) is 6.54 Å². The van der Waals surface area contributed by atoms with E-state index in [1.54, 1.807) is 19.2 Å². The van der Waals surface area contributed by atoms with E-state index in [4.69, 9.17) is 4.74 Å². The van der Waals surface area contributed by atoms with Gasteiger partial charge in [-0.2, -0.15) is 0 Å². The van der Waals surface area contributed by atoms with Gasteiger partial charge in [0.05, 0.1) is 23.9 Å². The number of methoxy groups -OCH3 is 1. The van der Waals surface area contributed by atoms with E-state index in [0.717, 1.165) is 29.1 Å². The molecule has 0 saturated heterocycles. The van der Waals surface area contributed by atoms with Crippen molar-refractivity contribution >= 4 is 28.4 Å². The van der Waals surface area contributed by atoms with Crippen molar-refractivity contribution in [1.82, 2.24) is 14.5 Å². The maximum Gasteiger partial charge on any atom is 0.337 e. The molecule has 0 bridgehead atoms. The average molecular weight is 446 g/mol. The zero-order chi connectivity index (χ0) is 23.4. The number of carboxylic acids is 1. The minimum absolute atomic E-state index is 0.235. The largest absolute Gasteiger partial charge is 0.497 e. The lowest BCUT2D eigenvalue weighted by Crippen LogP contribution is -2.12. The number of nitrogens with one attached hydrogen (secondary N) is 2. The number of nitrogens with zero attached hydrogens (tertiary/aromatic N) is 3. The molecule has 0 spiro atoms. The zero-order valence-corrected chi connectivity index (χ0v) is 18.9. The summed E-state index contributed by atoms with van der Waals surface area (Å²) in [5, 5.41) is 17.1. The van der Waals surface area contributed by atoms with E-state index < -0.39 is 5.97 Å². The molecule has 0 unspecified atom stereocenters. The highest BCUT2D eigenvalue weighted by Gasteiger charge is 2.12. The fourth-order valence-electron chi connectivity index (χ4n) is 3.93. The summed E-state index contributed by atoms with van der Waals surface area (Å²) in [5.41, 5.74) is 4.65. The molecule has 0 aliphatic heterocycles. The van der Waals surface area contributed by atoms with Gasteiger partial charge in [-0.1, -0.05) is 6.07 Å². The molecule has 170 valence electrons. The number of aryl methyl sites for hydroxylation is 1. The van der Waals surface area contributed by atoms with Crippen molar-refractivity contribution in [2.24, 2.45) is 0 Å². The van der Waals surface area contributed by atoms with Crippen LogP contribution in [0.1, 0.15) is 23.0 Å². The van der Waals surface area contributed by atoms with E-state index in [1.165, 1.54) is 17.4 Å². The number of benzene rings is 2. The molecule has 0 atom stereocenters. The van der Waals surface area contributed by atoms with Crippen LogP contribution in [0.4, 0.5) is 11.5 Å². The number of carbonyl (C=O) groups is 1. The summed E-state index contributed by atoms with van der Waals surface area (Å²) in [7, 11) is 1.67. The Morgan fingerprint density at radius 2 is 1.94 bits per heavy atom. The van der Waals surface area contributed by atoms with Crippen molar-refractivity contribution in [2.75, 3.05) is 30.8 Å². The van der Waals surface area contributed by atoms with Crippen molar-refractivity contribution in [2.45, 2.75) is 20.4 Å². The van der Waals surface area contributed by atoms with E-state index in [9.17, 15) is 9.90 Å². The van der Waals surface area contributed by atoms with Gasteiger partial charge >= 0.3 is 5.97 Å². The van der Waals surface area contributed by atoms with Gasteiger partial charge in [-0.15, -0.1) is 0 Å². The number of aromatic nitrogens is 3. The number of carboxylic acid groups (broad SMARTS) is 1. The molecule has 4 rings (SSSR count). The molecule has 0 aliphatic carbocycles. The van der Waals surface area contributed by atoms with E-state index >= 15 is 0 Å². The summed E-state index contributed by atoms with van der Waals surface area (Å²) < 4.78 is 7.63. The van der Waals surface area contributed by atoms with Crippen molar-refractivity contribution in [3.63, 3.8) is 0 Å². The van der Waals surface area contributed by atoms with Gasteiger partial charge in [0.2, 0.25) is 0 Å². The van der Waals surface area contributed by atoms with Gasteiger partial charge in [-0.25, -0.2) is 14.8 Å². The topological polar surface area (TPSA) is 101 Å². The molecule has 2 heterocycles. The molecule has 8 heteroatoms. The third kappa shape index (κ3) is 4.74. The van der Waals surface area contributed by atoms with Crippen molar-refractivity contribution in [1.29, 1.82) is 0 Å². The van der Waals surface area contributed by atoms with Crippen LogP contribution in [0.15, 0.2) is 54.9 Å². The maximum absolute atomic E-state index is 11.5. The molecule has 0 fully saturated rings. The Morgan fingerprint density at radius 1 is 1.09 bits per heavy atom. The molecule has 0 aliphatic rings. The second-order valence-corrected chi connectivity index (χ2v) is 7.67. The van der Waals surface area contributed by atoms with Crippen LogP contribution in [-0.4, -0.2) is 45.8 Å². The lowest BCUT2D eigenvalue weighted by molar-refractivity contribution is 0.0698. The quantitative estimate of drug-likeness (QED) is 0.344. The van der Waals surface area contributed by atoms with Crippen LogP contribution >= 0.6 is 0 Å². The molecule has 4 aromatic rings. The molecule has 3 N–H and O–H groups in total. The zero-order valence-electron chi connectivity index (χ0n) is 18.9. The van der Waals surface area contributed by atoms with Crippen LogP contribution in [0.3, 0.4) is 0 Å². The number of hydrogen-bond donors (Lipinski definition) is 3. The fourth-order valence-corrected chi connectivity index (χ4v) is 3.93. The van der Waals surface area contributed by atoms with E-state index in [-0.39, 0.29) is 5.56 Å². The maximum atomic E-state index is 11.5. The van der Waals surface area contributed by atoms with E-state index in [2.05, 4.69) is 44.2 Å². The number of hydrogen-bond acceptors (Lipinski definition) is 6. The number of anilines is 2. The van der Waals surface area contributed by atoms with Crippen molar-refractivity contribution in [3.8, 4) is 17.0 Å². The monoisotopic (exact) mass is 445 g/mol. The Balaban J connectivity index is 1.51. The predicted octanol–water partition coefficient (Wildman–Crippen LogP) is 4.66. The first kappa shape index (κ1) is 22.1. The summed E-state index contributed by atoms with van der Waals surface area (Å²) in [6, 6.07) is 15.3. The molecular formula is C25H27N5O3. The minimum Gasteiger partial charge on any atom is -0.497 e. The van der Waals surface area contributed by atoms with Crippen LogP contribution in [0.5, 0.6) is 5.75 Å². The molecule has 2 aromatic carbocycles. The summed E-state index contributed by atoms with van der Waals surface area (Å²) in [4.78, 5) is 20.2. The van der Waals surface area contributed by atoms with E-state index in [0.29, 0.717) is 24.6 Å². The normalized spacial score (nSPS) is 10.9. The number of ether oxygens (including phenoxy) is 1. The summed E-state index contributed by atoms with van der Waals surface area (Å²) >= 11 is 0. The van der Waals surface area contributed by atoms with Crippen LogP contribution in [0.25, 0.3) is 22.2 Å². The van der Waals surface area contributed by atoms with Crippen LogP contribution in [0, 0.1) is 6.92 Å². The van der Waals surface area contributed by atoms with Gasteiger partial charge in [0.1, 0.15) is 17.9 Å². The second kappa shape index (κ2) is 9.60. The molecule has 0 saturated carbocycles. The lowest BCUT2D eigenvalue weighted by atomic mass is 10.1. The number of aromatic carboxylic acids is 1. The summed E-state index contributed by atoms with van der Waals surface area (Å²) in [6.45, 7) is 6.09. The number of rotatable bonds is 9. The van der Waals surface area contributed by atoms with Crippen molar-refractivity contribution < 1.29 is 14.6 Å². The van der Waals surface area contributed by atoms with Gasteiger partial charge in [0.15, 0.2) is 0 Å². The Hall–Kier alpha value is -4.07. The van der Waals surface area contributed by atoms with Gasteiger partial charge in [-0.3, -0.25) is 0 Å². The first-order chi connectivity index (χ1) is 16.0. The average Bonchev–Trinajstić information content (AvgIpc) is 3.13. The highest BCUT2D eigenvalue weighted by atomic mass is 16.5. The van der Waals surface area contributed by atoms with Gasteiger partial charge < -0.3 is 25.0 Å².